The van der Waals surface area contributed by atoms with Gasteiger partial charge in [-0.05, 0) is 12.1 Å². The summed E-state index contributed by atoms with van der Waals surface area (Å²) in [5, 5.41) is 0.557. The molecule has 3 aromatic rings. The van der Waals surface area contributed by atoms with Gasteiger partial charge < -0.3 is 4.74 Å². The first kappa shape index (κ1) is 14.8. The number of alkyl halides is 3. The van der Waals surface area contributed by atoms with Gasteiger partial charge in [0.15, 0.2) is 5.75 Å². The number of para-hydroxylation sites is 1. The molecule has 0 atom stereocenters. The van der Waals surface area contributed by atoms with Crippen LogP contribution in [0, 0.1) is 0 Å². The van der Waals surface area contributed by atoms with E-state index < -0.39 is 6.36 Å². The van der Waals surface area contributed by atoms with Gasteiger partial charge in [0.05, 0.1) is 5.69 Å². The number of rotatable bonds is 2. The molecule has 0 spiro atoms. The average Bonchev–Trinajstić information content (AvgIpc) is 2.47. The molecule has 22 heavy (non-hydrogen) atoms. The van der Waals surface area contributed by atoms with Gasteiger partial charge in [0, 0.05) is 15.4 Å². The number of hydrogen-bond acceptors (Lipinski definition) is 2. The van der Waals surface area contributed by atoms with Crippen LogP contribution in [0.2, 0.25) is 0 Å². The van der Waals surface area contributed by atoms with Crippen molar-refractivity contribution in [3.63, 3.8) is 0 Å². The molecule has 1 aromatic heterocycles. The summed E-state index contributed by atoms with van der Waals surface area (Å²) < 4.78 is 42.3. The van der Waals surface area contributed by atoms with Crippen molar-refractivity contribution < 1.29 is 17.9 Å². The highest BCUT2D eigenvalue weighted by Gasteiger charge is 2.32. The Morgan fingerprint density at radius 2 is 1.68 bits per heavy atom. The lowest BCUT2D eigenvalue weighted by atomic mass is 10.1. The van der Waals surface area contributed by atoms with Crippen LogP contribution in [0.3, 0.4) is 0 Å². The Morgan fingerprint density at radius 1 is 0.955 bits per heavy atom. The van der Waals surface area contributed by atoms with E-state index in [1.807, 2.05) is 30.3 Å². The monoisotopic (exact) mass is 367 g/mol. The number of ether oxygens (including phenoxy) is 1. The Morgan fingerprint density at radius 3 is 2.36 bits per heavy atom. The van der Waals surface area contributed by atoms with Crippen LogP contribution in [0.4, 0.5) is 13.2 Å². The molecule has 112 valence electrons. The van der Waals surface area contributed by atoms with Gasteiger partial charge in [-0.2, -0.15) is 0 Å². The summed E-state index contributed by atoms with van der Waals surface area (Å²) >= 11 is 3.38. The Kier molecular flexibility index (Phi) is 3.78. The number of pyridine rings is 1. The van der Waals surface area contributed by atoms with Gasteiger partial charge in [-0.1, -0.05) is 58.4 Å². The summed E-state index contributed by atoms with van der Waals surface area (Å²) in [5.74, 6) is -0.316. The van der Waals surface area contributed by atoms with E-state index in [9.17, 15) is 13.2 Å². The molecule has 0 N–H and O–H groups in total. The van der Waals surface area contributed by atoms with E-state index in [-0.39, 0.29) is 11.3 Å². The van der Waals surface area contributed by atoms with E-state index in [0.717, 1.165) is 5.56 Å². The minimum Gasteiger partial charge on any atom is -0.403 e. The van der Waals surface area contributed by atoms with Gasteiger partial charge in [-0.15, -0.1) is 13.2 Å². The molecule has 0 unspecified atom stereocenters. The molecule has 0 aliphatic heterocycles. The molecule has 0 saturated carbocycles. The Labute approximate surface area is 132 Å². The molecule has 2 aromatic carbocycles. The molecule has 2 nitrogen and oxygen atoms in total. The van der Waals surface area contributed by atoms with Gasteiger partial charge in [0.2, 0.25) is 0 Å². The largest absolute Gasteiger partial charge is 0.573 e. The van der Waals surface area contributed by atoms with Gasteiger partial charge >= 0.3 is 6.36 Å². The van der Waals surface area contributed by atoms with Crippen LogP contribution in [0.5, 0.6) is 5.75 Å². The maximum Gasteiger partial charge on any atom is 0.573 e. The average molecular weight is 368 g/mol. The van der Waals surface area contributed by atoms with E-state index in [0.29, 0.717) is 15.6 Å². The lowest BCUT2D eigenvalue weighted by Gasteiger charge is -2.12. The SMILES string of the molecule is FC(F)(F)Oc1cccc2c(Br)cc(-c3ccccc3)nc12. The van der Waals surface area contributed by atoms with Gasteiger partial charge in [0.1, 0.15) is 5.52 Å². The molecule has 1 heterocycles. The zero-order valence-corrected chi connectivity index (χ0v) is 12.6. The summed E-state index contributed by atoms with van der Waals surface area (Å²) in [4.78, 5) is 4.34. The standard InChI is InChI=1S/C16H9BrF3NO/c17-12-9-13(10-5-2-1-3-6-10)21-15-11(12)7-4-8-14(15)22-16(18,19)20/h1-9H. The number of aromatic nitrogens is 1. The third-order valence-electron chi connectivity index (χ3n) is 3.05. The first-order valence-corrected chi connectivity index (χ1v) is 7.14. The lowest BCUT2D eigenvalue weighted by Crippen LogP contribution is -2.17. The van der Waals surface area contributed by atoms with Crippen molar-refractivity contribution in [3.8, 4) is 17.0 Å². The minimum absolute atomic E-state index is 0.160. The van der Waals surface area contributed by atoms with E-state index in [2.05, 4.69) is 25.7 Å². The van der Waals surface area contributed by atoms with Crippen LogP contribution >= 0.6 is 15.9 Å². The number of fused-ring (bicyclic) bond motifs is 1. The number of hydrogen-bond donors (Lipinski definition) is 0. The molecular formula is C16H9BrF3NO. The van der Waals surface area contributed by atoms with E-state index in [1.54, 1.807) is 12.1 Å². The summed E-state index contributed by atoms with van der Waals surface area (Å²) in [6.45, 7) is 0. The van der Waals surface area contributed by atoms with Crippen molar-refractivity contribution >= 4 is 26.8 Å². The van der Waals surface area contributed by atoms with Crippen LogP contribution in [0.1, 0.15) is 0 Å². The number of benzene rings is 2. The van der Waals surface area contributed by atoms with Crippen LogP contribution in [-0.4, -0.2) is 11.3 Å². The molecule has 0 aliphatic rings. The maximum absolute atomic E-state index is 12.5. The first-order valence-electron chi connectivity index (χ1n) is 6.34. The fourth-order valence-corrected chi connectivity index (χ4v) is 2.68. The molecular weight excluding hydrogens is 359 g/mol. The predicted octanol–water partition coefficient (Wildman–Crippen LogP) is 5.56. The third kappa shape index (κ3) is 3.06. The summed E-state index contributed by atoms with van der Waals surface area (Å²) in [6, 6.07) is 15.4. The Balaban J connectivity index is 2.21. The van der Waals surface area contributed by atoms with Crippen molar-refractivity contribution in [1.82, 2.24) is 4.98 Å². The highest BCUT2D eigenvalue weighted by molar-refractivity contribution is 9.10. The lowest BCUT2D eigenvalue weighted by molar-refractivity contribution is -0.274. The van der Waals surface area contributed by atoms with E-state index in [1.165, 1.54) is 12.1 Å². The van der Waals surface area contributed by atoms with Crippen molar-refractivity contribution in [2.75, 3.05) is 0 Å². The molecule has 3 rings (SSSR count). The van der Waals surface area contributed by atoms with Crippen LogP contribution < -0.4 is 4.74 Å². The van der Waals surface area contributed by atoms with Crippen molar-refractivity contribution in [2.24, 2.45) is 0 Å². The third-order valence-corrected chi connectivity index (χ3v) is 3.70. The second-order valence-corrected chi connectivity index (χ2v) is 5.41. The molecule has 0 fully saturated rings. The highest BCUT2D eigenvalue weighted by atomic mass is 79.9. The molecule has 0 aliphatic carbocycles. The van der Waals surface area contributed by atoms with Gasteiger partial charge in [0.25, 0.3) is 0 Å². The topological polar surface area (TPSA) is 22.1 Å². The van der Waals surface area contributed by atoms with E-state index >= 15 is 0 Å². The normalized spacial score (nSPS) is 11.6. The second-order valence-electron chi connectivity index (χ2n) is 4.56. The summed E-state index contributed by atoms with van der Waals surface area (Å²) in [5.41, 5.74) is 1.54. The van der Waals surface area contributed by atoms with Crippen molar-refractivity contribution in [3.05, 3.63) is 59.1 Å². The predicted molar refractivity (Wildman–Crippen MR) is 81.6 cm³/mol. The zero-order chi connectivity index (χ0) is 15.7. The van der Waals surface area contributed by atoms with Crippen LogP contribution in [0.15, 0.2) is 59.1 Å². The highest BCUT2D eigenvalue weighted by Crippen LogP contribution is 2.35. The molecule has 0 bridgehead atoms. The fraction of sp³-hybridized carbons (Fsp3) is 0.0625. The number of halogens is 4. The Bertz CT molecular complexity index is 819. The molecule has 6 heteroatoms. The van der Waals surface area contributed by atoms with Gasteiger partial charge in [-0.3, -0.25) is 0 Å². The smallest absolute Gasteiger partial charge is 0.403 e. The summed E-state index contributed by atoms with van der Waals surface area (Å²) in [6.07, 6.45) is -4.76. The van der Waals surface area contributed by atoms with E-state index in [4.69, 9.17) is 0 Å². The second kappa shape index (κ2) is 5.61. The van der Waals surface area contributed by atoms with Crippen LogP contribution in [0.25, 0.3) is 22.2 Å². The summed E-state index contributed by atoms with van der Waals surface area (Å²) in [7, 11) is 0. The molecule has 0 saturated heterocycles. The van der Waals surface area contributed by atoms with Crippen LogP contribution in [-0.2, 0) is 0 Å². The number of nitrogens with zero attached hydrogens (tertiary/aromatic N) is 1. The first-order chi connectivity index (χ1) is 10.4. The quantitative estimate of drug-likeness (QED) is 0.591. The minimum atomic E-state index is -4.76. The zero-order valence-electron chi connectivity index (χ0n) is 11.1. The van der Waals surface area contributed by atoms with Gasteiger partial charge in [-0.25, -0.2) is 4.98 Å². The van der Waals surface area contributed by atoms with Crippen molar-refractivity contribution in [1.29, 1.82) is 0 Å². The molecule has 0 amide bonds. The Hall–Kier alpha value is -2.08. The molecule has 0 radical (unpaired) electrons. The fourth-order valence-electron chi connectivity index (χ4n) is 2.14. The van der Waals surface area contributed by atoms with Crippen molar-refractivity contribution in [2.45, 2.75) is 6.36 Å². The maximum atomic E-state index is 12.5.